The van der Waals surface area contributed by atoms with Crippen molar-refractivity contribution in [3.05, 3.63) is 20.8 Å². The molecule has 0 amide bonds. The van der Waals surface area contributed by atoms with E-state index >= 15 is 0 Å². The van der Waals surface area contributed by atoms with Crippen LogP contribution in [0.2, 0.25) is 0 Å². The smallest absolute Gasteiger partial charge is 0.342 e. The van der Waals surface area contributed by atoms with E-state index < -0.39 is 11.2 Å². The molecule has 0 spiro atoms. The standard InChI is InChI=1S/C9H14N4O3/c1-5-6(2-3-16-5)4-10-7-8(14)11-9(15)13-12-7/h5-6H,2-4H2,1H3,(H,10,12)(H2,11,13,14,15). The summed E-state index contributed by atoms with van der Waals surface area (Å²) < 4.78 is 5.40. The molecule has 0 saturated carbocycles. The number of rotatable bonds is 3. The van der Waals surface area contributed by atoms with Crippen molar-refractivity contribution in [1.29, 1.82) is 0 Å². The number of nitrogens with zero attached hydrogens (tertiary/aromatic N) is 1. The fourth-order valence-electron chi connectivity index (χ4n) is 1.74. The minimum absolute atomic E-state index is 0.138. The fourth-order valence-corrected chi connectivity index (χ4v) is 1.74. The number of aromatic amines is 2. The number of hydrogen-bond donors (Lipinski definition) is 3. The van der Waals surface area contributed by atoms with Gasteiger partial charge in [-0.25, -0.2) is 9.89 Å². The minimum atomic E-state index is -0.604. The van der Waals surface area contributed by atoms with Crippen LogP contribution in [0.5, 0.6) is 0 Å². The maximum absolute atomic E-state index is 11.3. The molecule has 7 nitrogen and oxygen atoms in total. The Labute approximate surface area is 91.2 Å². The van der Waals surface area contributed by atoms with Gasteiger partial charge in [-0.05, 0) is 13.3 Å². The number of aromatic nitrogens is 3. The lowest BCUT2D eigenvalue weighted by Crippen LogP contribution is -2.29. The van der Waals surface area contributed by atoms with Crippen molar-refractivity contribution in [3.8, 4) is 0 Å². The Bertz CT molecular complexity index is 466. The molecule has 2 rings (SSSR count). The number of nitrogens with one attached hydrogen (secondary N) is 3. The Hall–Kier alpha value is -1.63. The van der Waals surface area contributed by atoms with Crippen molar-refractivity contribution in [2.45, 2.75) is 19.4 Å². The molecule has 0 radical (unpaired) electrons. The second-order valence-electron chi connectivity index (χ2n) is 3.86. The molecule has 16 heavy (non-hydrogen) atoms. The van der Waals surface area contributed by atoms with Gasteiger partial charge >= 0.3 is 5.69 Å². The zero-order valence-corrected chi connectivity index (χ0v) is 8.95. The molecule has 0 aromatic carbocycles. The van der Waals surface area contributed by atoms with Crippen LogP contribution in [0.4, 0.5) is 5.82 Å². The molecule has 0 bridgehead atoms. The lowest BCUT2D eigenvalue weighted by atomic mass is 10.0. The molecular weight excluding hydrogens is 212 g/mol. The van der Waals surface area contributed by atoms with Crippen LogP contribution in [0.15, 0.2) is 9.59 Å². The summed E-state index contributed by atoms with van der Waals surface area (Å²) in [5.41, 5.74) is -1.11. The molecule has 1 saturated heterocycles. The summed E-state index contributed by atoms with van der Waals surface area (Å²) in [6, 6.07) is 0. The second-order valence-corrected chi connectivity index (χ2v) is 3.86. The van der Waals surface area contributed by atoms with Crippen LogP contribution in [-0.4, -0.2) is 34.4 Å². The summed E-state index contributed by atoms with van der Waals surface area (Å²) in [4.78, 5) is 24.1. The Morgan fingerprint density at radius 3 is 3.00 bits per heavy atom. The van der Waals surface area contributed by atoms with Crippen LogP contribution in [0.1, 0.15) is 13.3 Å². The first-order valence-electron chi connectivity index (χ1n) is 5.21. The van der Waals surface area contributed by atoms with Gasteiger partial charge in [-0.3, -0.25) is 9.78 Å². The highest BCUT2D eigenvalue weighted by Gasteiger charge is 2.24. The van der Waals surface area contributed by atoms with Gasteiger partial charge in [0, 0.05) is 19.1 Å². The number of H-pyrrole nitrogens is 2. The first-order valence-corrected chi connectivity index (χ1v) is 5.21. The number of hydrogen-bond acceptors (Lipinski definition) is 5. The molecule has 1 fully saturated rings. The van der Waals surface area contributed by atoms with E-state index in [2.05, 4.69) is 20.5 Å². The lowest BCUT2D eigenvalue weighted by Gasteiger charge is -2.14. The molecule has 0 aliphatic carbocycles. The summed E-state index contributed by atoms with van der Waals surface area (Å²) in [5.74, 6) is 0.506. The molecule has 1 aromatic heterocycles. The van der Waals surface area contributed by atoms with E-state index in [1.54, 1.807) is 0 Å². The van der Waals surface area contributed by atoms with Crippen molar-refractivity contribution in [2.75, 3.05) is 18.5 Å². The van der Waals surface area contributed by atoms with Gasteiger partial charge in [0.2, 0.25) is 5.82 Å². The summed E-state index contributed by atoms with van der Waals surface area (Å²) in [6.07, 6.45) is 1.16. The molecule has 1 aliphatic rings. The van der Waals surface area contributed by atoms with Crippen LogP contribution in [0, 0.1) is 5.92 Å². The van der Waals surface area contributed by atoms with Gasteiger partial charge in [0.25, 0.3) is 5.56 Å². The molecule has 2 atom stereocenters. The van der Waals surface area contributed by atoms with Gasteiger partial charge in [-0.1, -0.05) is 0 Å². The van der Waals surface area contributed by atoms with Crippen molar-refractivity contribution < 1.29 is 4.74 Å². The molecule has 7 heteroatoms. The van der Waals surface area contributed by atoms with Gasteiger partial charge in [-0.15, -0.1) is 5.10 Å². The summed E-state index contributed by atoms with van der Waals surface area (Å²) in [7, 11) is 0. The topological polar surface area (TPSA) is 99.9 Å². The van der Waals surface area contributed by atoms with Crippen molar-refractivity contribution >= 4 is 5.82 Å². The number of ether oxygens (including phenoxy) is 1. The zero-order valence-electron chi connectivity index (χ0n) is 8.95. The molecule has 88 valence electrons. The van der Waals surface area contributed by atoms with Gasteiger partial charge in [0.1, 0.15) is 0 Å². The largest absolute Gasteiger partial charge is 0.378 e. The average Bonchev–Trinajstić information content (AvgIpc) is 2.63. The maximum Gasteiger partial charge on any atom is 0.342 e. The third-order valence-corrected chi connectivity index (χ3v) is 2.78. The zero-order chi connectivity index (χ0) is 11.5. The summed E-state index contributed by atoms with van der Waals surface area (Å²) in [6.45, 7) is 3.37. The van der Waals surface area contributed by atoms with Crippen molar-refractivity contribution in [2.24, 2.45) is 5.92 Å². The SMILES string of the molecule is CC1OCCC1CNc1n[nH]c(=O)[nH]c1=O. The van der Waals surface area contributed by atoms with Gasteiger partial charge in [0.05, 0.1) is 6.10 Å². The highest BCUT2D eigenvalue weighted by atomic mass is 16.5. The first-order chi connectivity index (χ1) is 7.66. The van der Waals surface area contributed by atoms with E-state index in [0.29, 0.717) is 12.5 Å². The van der Waals surface area contributed by atoms with Gasteiger partial charge < -0.3 is 10.1 Å². The van der Waals surface area contributed by atoms with E-state index in [4.69, 9.17) is 4.74 Å². The highest BCUT2D eigenvalue weighted by Crippen LogP contribution is 2.19. The molecular formula is C9H14N4O3. The maximum atomic E-state index is 11.3. The summed E-state index contributed by atoms with van der Waals surface area (Å²) >= 11 is 0. The van der Waals surface area contributed by atoms with Crippen LogP contribution < -0.4 is 16.6 Å². The quantitative estimate of drug-likeness (QED) is 0.632. The predicted molar refractivity (Wildman–Crippen MR) is 57.5 cm³/mol. The Morgan fingerprint density at radius 2 is 2.38 bits per heavy atom. The van der Waals surface area contributed by atoms with Crippen LogP contribution in [-0.2, 0) is 4.74 Å². The third kappa shape index (κ3) is 2.30. The van der Waals surface area contributed by atoms with E-state index in [0.717, 1.165) is 13.0 Å². The first kappa shape index (κ1) is 10.9. The van der Waals surface area contributed by atoms with Crippen LogP contribution in [0.3, 0.4) is 0 Å². The van der Waals surface area contributed by atoms with E-state index in [9.17, 15) is 9.59 Å². The monoisotopic (exact) mass is 226 g/mol. The van der Waals surface area contributed by atoms with Crippen LogP contribution in [0.25, 0.3) is 0 Å². The highest BCUT2D eigenvalue weighted by molar-refractivity contribution is 5.28. The molecule has 3 N–H and O–H groups in total. The molecule has 2 heterocycles. The molecule has 1 aliphatic heterocycles. The normalized spacial score (nSPS) is 24.6. The van der Waals surface area contributed by atoms with Gasteiger partial charge in [-0.2, -0.15) is 0 Å². The summed E-state index contributed by atoms with van der Waals surface area (Å²) in [5, 5.41) is 8.71. The van der Waals surface area contributed by atoms with Crippen molar-refractivity contribution in [1.82, 2.24) is 15.2 Å². The Morgan fingerprint density at radius 1 is 1.56 bits per heavy atom. The third-order valence-electron chi connectivity index (χ3n) is 2.78. The molecule has 2 unspecified atom stereocenters. The van der Waals surface area contributed by atoms with E-state index in [1.165, 1.54) is 0 Å². The van der Waals surface area contributed by atoms with Gasteiger partial charge in [0.15, 0.2) is 0 Å². The van der Waals surface area contributed by atoms with Crippen molar-refractivity contribution in [3.63, 3.8) is 0 Å². The average molecular weight is 226 g/mol. The Balaban J connectivity index is 1.99. The Kier molecular flexibility index (Phi) is 3.04. The van der Waals surface area contributed by atoms with E-state index in [-0.39, 0.29) is 11.9 Å². The fraction of sp³-hybridized carbons (Fsp3) is 0.667. The second kappa shape index (κ2) is 4.48. The minimum Gasteiger partial charge on any atom is -0.378 e. The predicted octanol–water partition coefficient (Wildman–Crippen LogP) is -0.705. The lowest BCUT2D eigenvalue weighted by molar-refractivity contribution is 0.108. The number of anilines is 1. The van der Waals surface area contributed by atoms with E-state index in [1.807, 2.05) is 6.92 Å². The molecule has 1 aromatic rings. The van der Waals surface area contributed by atoms with Crippen LogP contribution >= 0.6 is 0 Å².